The van der Waals surface area contributed by atoms with Gasteiger partial charge in [-0.25, -0.2) is 0 Å². The number of aliphatic hydroxyl groups is 1. The fraction of sp³-hybridized carbons (Fsp3) is 0.462. The lowest BCUT2D eigenvalue weighted by Crippen LogP contribution is -2.35. The highest BCUT2D eigenvalue weighted by atomic mass is 16.6. The molecule has 0 radical (unpaired) electrons. The van der Waals surface area contributed by atoms with Gasteiger partial charge in [-0.1, -0.05) is 19.4 Å². The third-order valence-electron chi connectivity index (χ3n) is 2.95. The lowest BCUT2D eigenvalue weighted by atomic mass is 10.1. The number of unbranched alkanes of at least 4 members (excludes halogenated alkanes) is 1. The van der Waals surface area contributed by atoms with Crippen LogP contribution in [0.2, 0.25) is 0 Å². The van der Waals surface area contributed by atoms with Crippen molar-refractivity contribution in [3.8, 4) is 0 Å². The Balaban J connectivity index is 3.05. The Morgan fingerprint density at radius 3 is 2.70 bits per heavy atom. The minimum atomic E-state index is -0.617. The van der Waals surface area contributed by atoms with Crippen LogP contribution in [-0.2, 0) is 0 Å². The zero-order valence-corrected chi connectivity index (χ0v) is 11.4. The van der Waals surface area contributed by atoms with Gasteiger partial charge in [0.1, 0.15) is 5.69 Å². The van der Waals surface area contributed by atoms with Crippen LogP contribution in [0.4, 0.5) is 11.4 Å². The van der Waals surface area contributed by atoms with Crippen molar-refractivity contribution in [2.24, 2.45) is 0 Å². The number of amides is 1. The Labute approximate surface area is 117 Å². The number of hydrogen-bond donors (Lipinski definition) is 2. The van der Waals surface area contributed by atoms with Crippen LogP contribution in [0.15, 0.2) is 18.2 Å². The number of para-hydroxylation sites is 1. The van der Waals surface area contributed by atoms with E-state index in [1.165, 1.54) is 23.1 Å². The van der Waals surface area contributed by atoms with Gasteiger partial charge in [-0.05, 0) is 12.5 Å². The molecule has 0 bridgehead atoms. The van der Waals surface area contributed by atoms with E-state index in [4.69, 9.17) is 10.8 Å². The molecule has 0 aromatic heterocycles. The van der Waals surface area contributed by atoms with Gasteiger partial charge >= 0.3 is 0 Å². The number of carbonyl (C=O) groups is 1. The minimum absolute atomic E-state index is 0.101. The summed E-state index contributed by atoms with van der Waals surface area (Å²) in [6.07, 6.45) is 1.69. The molecule has 1 aromatic carbocycles. The number of aliphatic hydroxyl groups excluding tert-OH is 1. The molecule has 0 unspecified atom stereocenters. The standard InChI is InChI=1S/C13H19N3O4/c1-2-3-7-15(8-9-17)13(18)10-5-4-6-11(12(10)14)16(19)20/h4-6,17H,2-3,7-9,14H2,1H3. The SMILES string of the molecule is CCCCN(CCO)C(=O)c1cccc([N+](=O)[O-])c1N. The highest BCUT2D eigenvalue weighted by Gasteiger charge is 2.22. The first-order valence-corrected chi connectivity index (χ1v) is 6.45. The molecule has 20 heavy (non-hydrogen) atoms. The molecule has 3 N–H and O–H groups in total. The van der Waals surface area contributed by atoms with Crippen molar-refractivity contribution in [1.82, 2.24) is 4.90 Å². The van der Waals surface area contributed by atoms with Gasteiger partial charge in [0.25, 0.3) is 11.6 Å². The van der Waals surface area contributed by atoms with E-state index in [9.17, 15) is 14.9 Å². The van der Waals surface area contributed by atoms with E-state index in [1.54, 1.807) is 0 Å². The van der Waals surface area contributed by atoms with Gasteiger partial charge in [0.15, 0.2) is 0 Å². The molecule has 7 heteroatoms. The number of nitrogen functional groups attached to an aromatic ring is 1. The Bertz CT molecular complexity index is 491. The quantitative estimate of drug-likeness (QED) is 0.446. The maximum atomic E-state index is 12.3. The molecule has 1 aromatic rings. The summed E-state index contributed by atoms with van der Waals surface area (Å²) in [5.74, 6) is -0.395. The van der Waals surface area contributed by atoms with Crippen molar-refractivity contribution in [1.29, 1.82) is 0 Å². The van der Waals surface area contributed by atoms with Crippen molar-refractivity contribution < 1.29 is 14.8 Å². The zero-order chi connectivity index (χ0) is 15.1. The molecule has 0 saturated heterocycles. The summed E-state index contributed by atoms with van der Waals surface area (Å²) in [5, 5.41) is 19.8. The Morgan fingerprint density at radius 1 is 1.45 bits per heavy atom. The maximum absolute atomic E-state index is 12.3. The van der Waals surface area contributed by atoms with E-state index < -0.39 is 10.8 Å². The van der Waals surface area contributed by atoms with E-state index in [2.05, 4.69) is 0 Å². The third-order valence-corrected chi connectivity index (χ3v) is 2.95. The topological polar surface area (TPSA) is 110 Å². The highest BCUT2D eigenvalue weighted by Crippen LogP contribution is 2.25. The van der Waals surface area contributed by atoms with Gasteiger partial charge in [0.05, 0.1) is 17.1 Å². The second kappa shape index (κ2) is 7.44. The molecule has 0 atom stereocenters. The van der Waals surface area contributed by atoms with Crippen LogP contribution in [0, 0.1) is 10.1 Å². The normalized spacial score (nSPS) is 10.3. The lowest BCUT2D eigenvalue weighted by molar-refractivity contribution is -0.383. The van der Waals surface area contributed by atoms with Gasteiger partial charge in [0.2, 0.25) is 0 Å². The second-order valence-corrected chi connectivity index (χ2v) is 4.36. The molecule has 1 amide bonds. The van der Waals surface area contributed by atoms with Crippen LogP contribution in [-0.4, -0.2) is 40.5 Å². The second-order valence-electron chi connectivity index (χ2n) is 4.36. The van der Waals surface area contributed by atoms with Crippen molar-refractivity contribution in [3.05, 3.63) is 33.9 Å². The summed E-state index contributed by atoms with van der Waals surface area (Å²) in [7, 11) is 0. The zero-order valence-electron chi connectivity index (χ0n) is 11.4. The first-order valence-electron chi connectivity index (χ1n) is 6.45. The number of rotatable bonds is 7. The first kappa shape index (κ1) is 15.9. The number of nitro groups is 1. The van der Waals surface area contributed by atoms with Crippen LogP contribution < -0.4 is 5.73 Å². The van der Waals surface area contributed by atoms with Crippen LogP contribution in [0.25, 0.3) is 0 Å². The largest absolute Gasteiger partial charge is 0.395 e. The summed E-state index contributed by atoms with van der Waals surface area (Å²) in [6.45, 7) is 2.49. The van der Waals surface area contributed by atoms with Crippen molar-refractivity contribution in [2.45, 2.75) is 19.8 Å². The summed E-state index contributed by atoms with van der Waals surface area (Å²) in [5.41, 5.74) is 5.38. The third kappa shape index (κ3) is 3.67. The van der Waals surface area contributed by atoms with Gasteiger partial charge in [-0.2, -0.15) is 0 Å². The van der Waals surface area contributed by atoms with Gasteiger partial charge in [-0.15, -0.1) is 0 Å². The molecule has 0 spiro atoms. The molecule has 7 nitrogen and oxygen atoms in total. The maximum Gasteiger partial charge on any atom is 0.292 e. The smallest absolute Gasteiger partial charge is 0.292 e. The number of hydrogen-bond acceptors (Lipinski definition) is 5. The Hall–Kier alpha value is -2.15. The molecule has 110 valence electrons. The average Bonchev–Trinajstić information content (AvgIpc) is 2.42. The predicted octanol–water partition coefficient (Wildman–Crippen LogP) is 1.41. The van der Waals surface area contributed by atoms with Gasteiger partial charge < -0.3 is 15.7 Å². The van der Waals surface area contributed by atoms with E-state index in [0.29, 0.717) is 6.54 Å². The van der Waals surface area contributed by atoms with Gasteiger partial charge in [-0.3, -0.25) is 14.9 Å². The molecule has 0 fully saturated rings. The van der Waals surface area contributed by atoms with Crippen molar-refractivity contribution >= 4 is 17.3 Å². The molecule has 0 heterocycles. The first-order chi connectivity index (χ1) is 9.52. The monoisotopic (exact) mass is 281 g/mol. The highest BCUT2D eigenvalue weighted by molar-refractivity contribution is 6.01. The van der Waals surface area contributed by atoms with Crippen LogP contribution >= 0.6 is 0 Å². The Morgan fingerprint density at radius 2 is 2.15 bits per heavy atom. The van der Waals surface area contributed by atoms with E-state index >= 15 is 0 Å². The van der Waals surface area contributed by atoms with Gasteiger partial charge in [0, 0.05) is 19.2 Å². The number of nitrogens with two attached hydrogens (primary N) is 1. The molecule has 0 aliphatic rings. The predicted molar refractivity (Wildman–Crippen MR) is 75.4 cm³/mol. The molecule has 1 rings (SSSR count). The molecular formula is C13H19N3O4. The molecular weight excluding hydrogens is 262 g/mol. The number of nitro benzene ring substituents is 1. The number of carbonyl (C=O) groups excluding carboxylic acids is 1. The lowest BCUT2D eigenvalue weighted by Gasteiger charge is -2.22. The Kier molecular flexibility index (Phi) is 5.92. The fourth-order valence-corrected chi connectivity index (χ4v) is 1.85. The minimum Gasteiger partial charge on any atom is -0.395 e. The fourth-order valence-electron chi connectivity index (χ4n) is 1.85. The van der Waals surface area contributed by atoms with Crippen molar-refractivity contribution in [2.75, 3.05) is 25.4 Å². The van der Waals surface area contributed by atoms with Crippen LogP contribution in [0.3, 0.4) is 0 Å². The summed E-state index contributed by atoms with van der Waals surface area (Å²) in [6, 6.07) is 4.15. The summed E-state index contributed by atoms with van der Waals surface area (Å²) >= 11 is 0. The summed E-state index contributed by atoms with van der Waals surface area (Å²) in [4.78, 5) is 24.0. The molecule has 0 saturated carbocycles. The number of anilines is 1. The molecule has 0 aliphatic carbocycles. The van der Waals surface area contributed by atoms with E-state index in [1.807, 2.05) is 6.92 Å². The summed E-state index contributed by atoms with van der Waals surface area (Å²) < 4.78 is 0. The average molecular weight is 281 g/mol. The van der Waals surface area contributed by atoms with E-state index in [-0.39, 0.29) is 30.1 Å². The number of benzene rings is 1. The van der Waals surface area contributed by atoms with Crippen LogP contribution in [0.5, 0.6) is 0 Å². The van der Waals surface area contributed by atoms with Crippen LogP contribution in [0.1, 0.15) is 30.1 Å². The molecule has 0 aliphatic heterocycles. The van der Waals surface area contributed by atoms with E-state index in [0.717, 1.165) is 12.8 Å². The van der Waals surface area contributed by atoms with Crippen molar-refractivity contribution in [3.63, 3.8) is 0 Å². The number of nitrogens with zero attached hydrogens (tertiary/aromatic N) is 2.